The molecule has 10 heteroatoms. The Morgan fingerprint density at radius 3 is 2.58 bits per heavy atom. The molecule has 24 heavy (non-hydrogen) atoms. The summed E-state index contributed by atoms with van der Waals surface area (Å²) in [5.74, 6) is -0.401. The molecule has 7 nitrogen and oxygen atoms in total. The summed E-state index contributed by atoms with van der Waals surface area (Å²) in [5, 5.41) is 2.63. The van der Waals surface area contributed by atoms with Gasteiger partial charge in [0.05, 0.1) is 16.3 Å². The van der Waals surface area contributed by atoms with Crippen LogP contribution in [0.3, 0.4) is 0 Å². The van der Waals surface area contributed by atoms with Gasteiger partial charge >= 0.3 is 0 Å². The molecule has 0 spiro atoms. The largest absolute Gasteiger partial charge is 0.398 e. The highest BCUT2D eigenvalue weighted by molar-refractivity contribution is 6.45. The maximum absolute atomic E-state index is 13.2. The van der Waals surface area contributed by atoms with Crippen LogP contribution in [0.15, 0.2) is 10.9 Å². The van der Waals surface area contributed by atoms with Crippen molar-refractivity contribution in [1.29, 1.82) is 0 Å². The molecule has 2 amide bonds. The molecule has 2 aromatic rings. The number of piperidine rings is 1. The van der Waals surface area contributed by atoms with Crippen LogP contribution in [0.25, 0.3) is 10.9 Å². The number of aryl methyl sites for hydroxylation is 1. The highest BCUT2D eigenvalue weighted by atomic mass is 16.2. The lowest BCUT2D eigenvalue weighted by atomic mass is 9.70. The second kappa shape index (κ2) is 5.26. The number of carbonyl (C=O) groups excluding carboxylic acids is 2. The lowest BCUT2D eigenvalue weighted by Crippen LogP contribution is -2.58. The summed E-state index contributed by atoms with van der Waals surface area (Å²) < 4.78 is 1.37. The topological polar surface area (TPSA) is 107 Å². The van der Waals surface area contributed by atoms with Crippen molar-refractivity contribution in [3.63, 3.8) is 0 Å². The van der Waals surface area contributed by atoms with Gasteiger partial charge in [0.2, 0.25) is 11.8 Å². The molecular formula is C14H17B3N4O3. The number of nitrogens with one attached hydrogen (secondary N) is 1. The van der Waals surface area contributed by atoms with Crippen molar-refractivity contribution in [3.05, 3.63) is 22.2 Å². The number of fused-ring (bicyclic) bond motifs is 1. The third kappa shape index (κ3) is 2.17. The molecule has 0 saturated carbocycles. The van der Waals surface area contributed by atoms with Gasteiger partial charge in [-0.3, -0.25) is 24.3 Å². The van der Waals surface area contributed by atoms with Crippen LogP contribution < -0.4 is 27.5 Å². The molecule has 1 aromatic heterocycles. The van der Waals surface area contributed by atoms with Crippen molar-refractivity contribution in [2.75, 3.05) is 5.73 Å². The molecule has 0 aliphatic carbocycles. The van der Waals surface area contributed by atoms with E-state index in [1.807, 2.05) is 21.8 Å². The Bertz CT molecular complexity index is 972. The molecule has 1 aliphatic heterocycles. The minimum absolute atomic E-state index is 0.175. The number of benzene rings is 1. The quantitative estimate of drug-likeness (QED) is 0.313. The number of rotatable bonds is 1. The van der Waals surface area contributed by atoms with Gasteiger partial charge in [-0.2, -0.15) is 0 Å². The van der Waals surface area contributed by atoms with E-state index >= 15 is 0 Å². The van der Waals surface area contributed by atoms with Crippen molar-refractivity contribution < 1.29 is 9.59 Å². The van der Waals surface area contributed by atoms with Crippen molar-refractivity contribution in [1.82, 2.24) is 14.9 Å². The van der Waals surface area contributed by atoms with Crippen LogP contribution in [0, 0.1) is 6.92 Å². The van der Waals surface area contributed by atoms with Gasteiger partial charge in [0.15, 0.2) is 0 Å². The lowest BCUT2D eigenvalue weighted by molar-refractivity contribution is -0.137. The minimum Gasteiger partial charge on any atom is -0.398 e. The molecule has 120 valence electrons. The first-order valence-electron chi connectivity index (χ1n) is 7.80. The van der Waals surface area contributed by atoms with Crippen molar-refractivity contribution in [2.24, 2.45) is 0 Å². The normalized spacial score (nSPS) is 21.0. The zero-order valence-corrected chi connectivity index (χ0v) is 14.2. The van der Waals surface area contributed by atoms with E-state index in [2.05, 4.69) is 10.3 Å². The molecule has 2 heterocycles. The van der Waals surface area contributed by atoms with E-state index < -0.39 is 11.3 Å². The predicted octanol–water partition coefficient (Wildman–Crippen LogP) is -4.47. The molecule has 1 saturated heterocycles. The third-order valence-electron chi connectivity index (χ3n) is 4.83. The Hall–Kier alpha value is -2.51. The molecule has 0 bridgehead atoms. The Labute approximate surface area is 141 Å². The first-order chi connectivity index (χ1) is 11.2. The number of amides is 2. The molecular weight excluding hydrogens is 305 g/mol. The fraction of sp³-hybridized carbons (Fsp3) is 0.286. The Kier molecular flexibility index (Phi) is 3.58. The SMILES string of the molecule is Bc1cc(B)c2nc(C)n(C3(B)CCC(=O)NC3=O)c(=O)c2c1N. The van der Waals surface area contributed by atoms with Crippen LogP contribution in [0.1, 0.15) is 18.7 Å². The summed E-state index contributed by atoms with van der Waals surface area (Å²) in [4.78, 5) is 41.6. The van der Waals surface area contributed by atoms with E-state index in [4.69, 9.17) is 5.73 Å². The number of aromatic nitrogens is 2. The van der Waals surface area contributed by atoms with Crippen molar-refractivity contribution in [2.45, 2.75) is 25.2 Å². The monoisotopic (exact) mass is 322 g/mol. The summed E-state index contributed by atoms with van der Waals surface area (Å²) in [7, 11) is 5.35. The van der Waals surface area contributed by atoms with Crippen molar-refractivity contribution >= 4 is 62.9 Å². The van der Waals surface area contributed by atoms with Gasteiger partial charge in [0.25, 0.3) is 5.56 Å². The van der Waals surface area contributed by atoms with E-state index in [0.29, 0.717) is 22.4 Å². The number of nitrogens with two attached hydrogens (primary N) is 1. The maximum atomic E-state index is 13.2. The first kappa shape index (κ1) is 16.4. The third-order valence-corrected chi connectivity index (χ3v) is 4.83. The van der Waals surface area contributed by atoms with E-state index in [1.54, 1.807) is 14.8 Å². The summed E-state index contributed by atoms with van der Waals surface area (Å²) in [5.41, 5.74) is 7.18. The summed E-state index contributed by atoms with van der Waals surface area (Å²) in [6.07, 6.45) is 0.421. The predicted molar refractivity (Wildman–Crippen MR) is 100 cm³/mol. The van der Waals surface area contributed by atoms with Crippen LogP contribution in [0.2, 0.25) is 0 Å². The van der Waals surface area contributed by atoms with Gasteiger partial charge < -0.3 is 5.73 Å². The maximum Gasteiger partial charge on any atom is 0.263 e. The van der Waals surface area contributed by atoms with E-state index in [0.717, 1.165) is 10.9 Å². The Balaban J connectivity index is 2.38. The fourth-order valence-corrected chi connectivity index (χ4v) is 3.41. The van der Waals surface area contributed by atoms with Crippen LogP contribution in [0.5, 0.6) is 0 Å². The van der Waals surface area contributed by atoms with Crippen LogP contribution >= 0.6 is 0 Å². The van der Waals surface area contributed by atoms with Gasteiger partial charge in [0.1, 0.15) is 29.4 Å². The number of anilines is 1. The van der Waals surface area contributed by atoms with Gasteiger partial charge in [-0.25, -0.2) is 4.98 Å². The molecule has 1 aromatic carbocycles. The number of nitrogen functional groups attached to an aromatic ring is 1. The molecule has 1 unspecified atom stereocenters. The number of nitrogens with zero attached hydrogens (tertiary/aromatic N) is 2. The summed E-state index contributed by atoms with van der Waals surface area (Å²) in [6.45, 7) is 1.69. The average Bonchev–Trinajstić information content (AvgIpc) is 2.49. The standard InChI is InChI=1S/C14H17B3N4O3/c1-5-19-11-7(16)4-6(15)10(18)9(11)12(23)21(5)14(17)3-2-8(22)20-13(14)24/h4H,2-3,15-18H2,1H3,(H,20,22,24). The van der Waals surface area contributed by atoms with Crippen LogP contribution in [-0.2, 0) is 15.0 Å². The Morgan fingerprint density at radius 2 is 1.96 bits per heavy atom. The smallest absolute Gasteiger partial charge is 0.263 e. The van der Waals surface area contributed by atoms with Gasteiger partial charge in [0, 0.05) is 12.1 Å². The number of hydrogen-bond donors (Lipinski definition) is 2. The fourth-order valence-electron chi connectivity index (χ4n) is 3.41. The number of hydrogen-bond acceptors (Lipinski definition) is 5. The van der Waals surface area contributed by atoms with E-state index in [9.17, 15) is 14.4 Å². The molecule has 1 aliphatic rings. The molecule has 3 N–H and O–H groups in total. The van der Waals surface area contributed by atoms with E-state index in [-0.39, 0.29) is 24.3 Å². The minimum atomic E-state index is -1.17. The van der Waals surface area contributed by atoms with Crippen molar-refractivity contribution in [3.8, 4) is 0 Å². The molecule has 1 atom stereocenters. The zero-order valence-electron chi connectivity index (χ0n) is 14.2. The highest BCUT2D eigenvalue weighted by Crippen LogP contribution is 2.24. The molecule has 3 rings (SSSR count). The lowest BCUT2D eigenvalue weighted by Gasteiger charge is -2.35. The van der Waals surface area contributed by atoms with Crippen LogP contribution in [-0.4, -0.2) is 44.9 Å². The van der Waals surface area contributed by atoms with E-state index in [1.165, 1.54) is 4.57 Å². The highest BCUT2D eigenvalue weighted by Gasteiger charge is 2.42. The van der Waals surface area contributed by atoms with Gasteiger partial charge in [-0.05, 0) is 13.3 Å². The van der Waals surface area contributed by atoms with Crippen LogP contribution in [0.4, 0.5) is 5.69 Å². The molecule has 0 radical (unpaired) electrons. The molecule has 1 fully saturated rings. The zero-order chi connectivity index (χ0) is 17.8. The average molecular weight is 322 g/mol. The second-order valence-corrected chi connectivity index (χ2v) is 6.60. The summed E-state index contributed by atoms with van der Waals surface area (Å²) in [6, 6.07) is 1.89. The first-order valence-corrected chi connectivity index (χ1v) is 7.80. The Morgan fingerprint density at radius 1 is 1.29 bits per heavy atom. The number of imide groups is 1. The second-order valence-electron chi connectivity index (χ2n) is 6.60. The summed E-state index contributed by atoms with van der Waals surface area (Å²) >= 11 is 0. The van der Waals surface area contributed by atoms with Gasteiger partial charge in [-0.1, -0.05) is 17.0 Å². The number of carbonyl (C=O) groups is 2. The van der Waals surface area contributed by atoms with Gasteiger partial charge in [-0.15, -0.1) is 0 Å².